The highest BCUT2D eigenvalue weighted by Gasteiger charge is 2.37. The Bertz CT molecular complexity index is 1210. The van der Waals surface area contributed by atoms with Gasteiger partial charge in [0, 0.05) is 24.3 Å². The minimum absolute atomic E-state index is 0.136. The molecule has 1 aliphatic heterocycles. The molecule has 1 unspecified atom stereocenters. The number of rotatable bonds is 6. The highest BCUT2D eigenvalue weighted by molar-refractivity contribution is 7.92. The fourth-order valence-electron chi connectivity index (χ4n) is 3.57. The first-order chi connectivity index (χ1) is 14.7. The van der Waals surface area contributed by atoms with E-state index in [1.165, 1.54) is 10.6 Å². The van der Waals surface area contributed by atoms with E-state index in [2.05, 4.69) is 20.4 Å². The normalized spacial score (nSPS) is 15.9. The summed E-state index contributed by atoms with van der Waals surface area (Å²) in [7, 11) is -3.48. The van der Waals surface area contributed by atoms with Crippen molar-refractivity contribution < 1.29 is 13.2 Å². The molecular weight excluding hydrogens is 416 g/mol. The van der Waals surface area contributed by atoms with Crippen LogP contribution in [0.3, 0.4) is 0 Å². The average molecular weight is 441 g/mol. The van der Waals surface area contributed by atoms with Crippen molar-refractivity contribution in [3.8, 4) is 0 Å². The summed E-state index contributed by atoms with van der Waals surface area (Å²) in [6.07, 6.45) is 4.49. The fourth-order valence-corrected chi connectivity index (χ4v) is 4.52. The van der Waals surface area contributed by atoms with Crippen LogP contribution in [0.25, 0.3) is 0 Å². The van der Waals surface area contributed by atoms with E-state index >= 15 is 0 Å². The molecule has 0 spiro atoms. The number of aromatic nitrogens is 4. The zero-order valence-electron chi connectivity index (χ0n) is 17.6. The van der Waals surface area contributed by atoms with Crippen molar-refractivity contribution in [3.05, 3.63) is 71.6 Å². The van der Waals surface area contributed by atoms with Gasteiger partial charge in [-0.3, -0.25) is 18.8 Å². The lowest BCUT2D eigenvalue weighted by Gasteiger charge is -2.16. The molecule has 10 heteroatoms. The van der Waals surface area contributed by atoms with Crippen LogP contribution in [-0.2, 0) is 16.6 Å². The van der Waals surface area contributed by atoms with Gasteiger partial charge in [-0.1, -0.05) is 6.07 Å². The van der Waals surface area contributed by atoms with E-state index < -0.39 is 10.0 Å². The van der Waals surface area contributed by atoms with Crippen LogP contribution in [0.15, 0.2) is 48.9 Å². The quantitative estimate of drug-likeness (QED) is 0.629. The average Bonchev–Trinajstić information content (AvgIpc) is 3.37. The number of benzene rings is 1. The number of carbonyl (C=O) groups is 1. The number of amides is 1. The van der Waals surface area contributed by atoms with Crippen molar-refractivity contribution in [1.29, 1.82) is 0 Å². The summed E-state index contributed by atoms with van der Waals surface area (Å²) in [5.41, 5.74) is 2.46. The van der Waals surface area contributed by atoms with Gasteiger partial charge in [0.15, 0.2) is 5.82 Å². The van der Waals surface area contributed by atoms with E-state index in [1.54, 1.807) is 35.4 Å². The lowest BCUT2D eigenvalue weighted by atomic mass is 9.98. The predicted molar refractivity (Wildman–Crippen MR) is 116 cm³/mol. The molecule has 1 aromatic carbocycles. The second-order valence-electron chi connectivity index (χ2n) is 7.80. The number of carbonyl (C=O) groups excluding carboxylic acids is 1. The first kappa shape index (κ1) is 21.0. The summed E-state index contributed by atoms with van der Waals surface area (Å²) in [4.78, 5) is 21.3. The molecule has 2 aromatic heterocycles. The van der Waals surface area contributed by atoms with E-state index in [4.69, 9.17) is 0 Å². The molecule has 31 heavy (non-hydrogen) atoms. The molecule has 3 heterocycles. The van der Waals surface area contributed by atoms with Gasteiger partial charge in [-0.15, -0.1) is 0 Å². The second-order valence-corrected chi connectivity index (χ2v) is 9.71. The molecule has 0 bridgehead atoms. The minimum atomic E-state index is -3.48. The monoisotopic (exact) mass is 440 g/mol. The van der Waals surface area contributed by atoms with Crippen LogP contribution in [0.2, 0.25) is 0 Å². The van der Waals surface area contributed by atoms with E-state index in [1.807, 2.05) is 32.0 Å². The lowest BCUT2D eigenvalue weighted by Crippen LogP contribution is -2.29. The van der Waals surface area contributed by atoms with Crippen LogP contribution in [-0.4, -0.2) is 46.9 Å². The molecule has 1 atom stereocenters. The number of hydrogen-bond donors (Lipinski definition) is 1. The Labute approximate surface area is 181 Å². The molecule has 1 amide bonds. The highest BCUT2D eigenvalue weighted by atomic mass is 32.2. The van der Waals surface area contributed by atoms with Gasteiger partial charge in [-0.2, -0.15) is 5.10 Å². The van der Waals surface area contributed by atoms with Crippen LogP contribution in [0.1, 0.15) is 53.2 Å². The van der Waals surface area contributed by atoms with Crippen molar-refractivity contribution in [2.24, 2.45) is 0 Å². The van der Waals surface area contributed by atoms with Gasteiger partial charge in [0.2, 0.25) is 10.0 Å². The SMILES string of the molecule is CC(C)n1cnc(C2CN(S(C)(=O)=O)c3ccc(C(=O)NCc4ccccn4)cc32)n1. The van der Waals surface area contributed by atoms with Crippen molar-refractivity contribution in [2.45, 2.75) is 32.4 Å². The molecular formula is C21H24N6O3S. The number of nitrogens with zero attached hydrogens (tertiary/aromatic N) is 5. The van der Waals surface area contributed by atoms with Crippen molar-refractivity contribution >= 4 is 21.6 Å². The smallest absolute Gasteiger partial charge is 0.251 e. The number of nitrogens with one attached hydrogen (secondary N) is 1. The van der Waals surface area contributed by atoms with Crippen LogP contribution >= 0.6 is 0 Å². The Morgan fingerprint density at radius 2 is 2.03 bits per heavy atom. The lowest BCUT2D eigenvalue weighted by molar-refractivity contribution is 0.0950. The third kappa shape index (κ3) is 4.29. The Balaban J connectivity index is 1.65. The van der Waals surface area contributed by atoms with Gasteiger partial charge in [0.05, 0.1) is 30.1 Å². The zero-order chi connectivity index (χ0) is 22.2. The number of anilines is 1. The van der Waals surface area contributed by atoms with Crippen LogP contribution in [0.4, 0.5) is 5.69 Å². The summed E-state index contributed by atoms with van der Waals surface area (Å²) in [6, 6.07) is 10.7. The van der Waals surface area contributed by atoms with Gasteiger partial charge in [-0.05, 0) is 49.7 Å². The number of hydrogen-bond acceptors (Lipinski definition) is 6. The summed E-state index contributed by atoms with van der Waals surface area (Å²) in [5, 5.41) is 7.39. The van der Waals surface area contributed by atoms with Gasteiger partial charge in [0.25, 0.3) is 5.91 Å². The Hall–Kier alpha value is -3.27. The first-order valence-corrected chi connectivity index (χ1v) is 11.8. The van der Waals surface area contributed by atoms with Crippen molar-refractivity contribution in [2.75, 3.05) is 17.1 Å². The first-order valence-electron chi connectivity index (χ1n) is 9.95. The molecule has 9 nitrogen and oxygen atoms in total. The molecule has 0 aliphatic carbocycles. The molecule has 1 aliphatic rings. The zero-order valence-corrected chi connectivity index (χ0v) is 18.4. The van der Waals surface area contributed by atoms with Gasteiger partial charge in [0.1, 0.15) is 6.33 Å². The summed E-state index contributed by atoms with van der Waals surface area (Å²) in [6.45, 7) is 4.49. The molecule has 0 saturated carbocycles. The maximum Gasteiger partial charge on any atom is 0.251 e. The van der Waals surface area contributed by atoms with Crippen LogP contribution in [0.5, 0.6) is 0 Å². The van der Waals surface area contributed by atoms with Gasteiger partial charge in [-0.25, -0.2) is 13.4 Å². The summed E-state index contributed by atoms with van der Waals surface area (Å²) in [5.74, 6) is -0.0777. The standard InChI is InChI=1S/C21H24N6O3S/c1-14(2)26-13-24-20(25-26)18-12-27(31(3,29)30)19-8-7-15(10-17(18)19)21(28)23-11-16-6-4-5-9-22-16/h4-10,13-14,18H,11-12H2,1-3H3,(H,23,28). The number of fused-ring (bicyclic) bond motifs is 1. The van der Waals surface area contributed by atoms with Crippen molar-refractivity contribution in [1.82, 2.24) is 25.1 Å². The molecule has 4 rings (SSSR count). The molecule has 162 valence electrons. The van der Waals surface area contributed by atoms with Gasteiger partial charge < -0.3 is 5.32 Å². The Morgan fingerprint density at radius 3 is 2.68 bits per heavy atom. The minimum Gasteiger partial charge on any atom is -0.346 e. The topological polar surface area (TPSA) is 110 Å². The maximum atomic E-state index is 12.7. The fraction of sp³-hybridized carbons (Fsp3) is 0.333. The van der Waals surface area contributed by atoms with E-state index in [9.17, 15) is 13.2 Å². The van der Waals surface area contributed by atoms with E-state index in [0.29, 0.717) is 23.6 Å². The third-order valence-corrected chi connectivity index (χ3v) is 6.35. The molecule has 0 radical (unpaired) electrons. The van der Waals surface area contributed by atoms with E-state index in [-0.39, 0.29) is 24.4 Å². The number of sulfonamides is 1. The molecule has 0 fully saturated rings. The van der Waals surface area contributed by atoms with Crippen molar-refractivity contribution in [3.63, 3.8) is 0 Å². The van der Waals surface area contributed by atoms with Crippen LogP contribution < -0.4 is 9.62 Å². The number of pyridine rings is 1. The summed E-state index contributed by atoms with van der Waals surface area (Å²) < 4.78 is 27.8. The second kappa shape index (κ2) is 8.10. The molecule has 3 aromatic rings. The maximum absolute atomic E-state index is 12.7. The molecule has 1 N–H and O–H groups in total. The van der Waals surface area contributed by atoms with Crippen LogP contribution in [0, 0.1) is 0 Å². The summed E-state index contributed by atoms with van der Waals surface area (Å²) >= 11 is 0. The Morgan fingerprint density at radius 1 is 1.23 bits per heavy atom. The highest BCUT2D eigenvalue weighted by Crippen LogP contribution is 2.40. The van der Waals surface area contributed by atoms with E-state index in [0.717, 1.165) is 11.3 Å². The van der Waals surface area contributed by atoms with Gasteiger partial charge >= 0.3 is 0 Å². The Kier molecular flexibility index (Phi) is 5.48. The predicted octanol–water partition coefficient (Wildman–Crippen LogP) is 2.10. The third-order valence-electron chi connectivity index (χ3n) is 5.21. The molecule has 0 saturated heterocycles. The largest absolute Gasteiger partial charge is 0.346 e.